The fourth-order valence-electron chi connectivity index (χ4n) is 2.96. The van der Waals surface area contributed by atoms with E-state index in [1.165, 1.54) is 30.3 Å². The topological polar surface area (TPSA) is 75.7 Å². The third-order valence-corrected chi connectivity index (χ3v) is 6.76. The van der Waals surface area contributed by atoms with Crippen molar-refractivity contribution in [1.29, 1.82) is 0 Å². The number of carbonyl (C=O) groups is 1. The van der Waals surface area contributed by atoms with Crippen molar-refractivity contribution < 1.29 is 17.9 Å². The highest BCUT2D eigenvalue weighted by molar-refractivity contribution is 7.92. The number of hydrogen-bond donors (Lipinski definition) is 1. The second-order valence-corrected chi connectivity index (χ2v) is 9.86. The SMILES string of the molecule is C=CCOc1ccc(NC(=O)CN(c2cc(Cl)cc(Cl)c2)S(=O)(=O)c2ccc(C)cc2)cc1. The molecule has 3 aromatic rings. The van der Waals surface area contributed by atoms with Gasteiger partial charge >= 0.3 is 0 Å². The summed E-state index contributed by atoms with van der Waals surface area (Å²) >= 11 is 12.2. The van der Waals surface area contributed by atoms with E-state index in [0.29, 0.717) is 18.0 Å². The number of sulfonamides is 1. The van der Waals surface area contributed by atoms with Crippen molar-refractivity contribution in [3.8, 4) is 5.75 Å². The highest BCUT2D eigenvalue weighted by Gasteiger charge is 2.28. The lowest BCUT2D eigenvalue weighted by molar-refractivity contribution is -0.114. The first-order valence-electron chi connectivity index (χ1n) is 9.88. The van der Waals surface area contributed by atoms with E-state index in [0.717, 1.165) is 9.87 Å². The van der Waals surface area contributed by atoms with Gasteiger partial charge in [-0.3, -0.25) is 9.10 Å². The molecule has 0 atom stereocenters. The third kappa shape index (κ3) is 6.51. The van der Waals surface area contributed by atoms with E-state index in [1.54, 1.807) is 42.5 Å². The molecule has 0 fully saturated rings. The van der Waals surface area contributed by atoms with Crippen LogP contribution in [-0.4, -0.2) is 27.5 Å². The average molecular weight is 505 g/mol. The predicted molar refractivity (Wildman–Crippen MR) is 133 cm³/mol. The molecule has 172 valence electrons. The standard InChI is InChI=1S/C24H22Cl2N2O4S/c1-3-12-32-22-8-6-20(7-9-22)27-24(29)16-28(21-14-18(25)13-19(26)15-21)33(30,31)23-10-4-17(2)5-11-23/h3-11,13-15H,1,12,16H2,2H3,(H,27,29). The summed E-state index contributed by atoms with van der Waals surface area (Å²) in [7, 11) is -4.08. The lowest BCUT2D eigenvalue weighted by Gasteiger charge is -2.24. The molecule has 1 amide bonds. The largest absolute Gasteiger partial charge is 0.490 e. The molecule has 0 unspecified atom stereocenters. The van der Waals surface area contributed by atoms with Crippen LogP contribution in [0, 0.1) is 6.92 Å². The Bertz CT molecular complexity index is 1220. The molecule has 0 aromatic heterocycles. The summed E-state index contributed by atoms with van der Waals surface area (Å²) in [5, 5.41) is 3.20. The second kappa shape index (κ2) is 10.7. The minimum absolute atomic E-state index is 0.0423. The molecule has 0 aliphatic heterocycles. The zero-order valence-electron chi connectivity index (χ0n) is 17.8. The Kier molecular flexibility index (Phi) is 8.02. The number of aryl methyl sites for hydroxylation is 1. The molecule has 3 aromatic carbocycles. The number of nitrogens with zero attached hydrogens (tertiary/aromatic N) is 1. The molecule has 0 radical (unpaired) electrons. The number of halogens is 2. The van der Waals surface area contributed by atoms with Gasteiger partial charge in [-0.1, -0.05) is 53.6 Å². The Morgan fingerprint density at radius 2 is 1.64 bits per heavy atom. The Morgan fingerprint density at radius 1 is 1.03 bits per heavy atom. The first-order chi connectivity index (χ1) is 15.7. The van der Waals surface area contributed by atoms with Crippen molar-refractivity contribution in [3.05, 3.63) is 95.0 Å². The number of rotatable bonds is 9. The normalized spacial score (nSPS) is 11.0. The minimum Gasteiger partial charge on any atom is -0.490 e. The van der Waals surface area contributed by atoms with Gasteiger partial charge in [-0.25, -0.2) is 8.42 Å². The summed E-state index contributed by atoms with van der Waals surface area (Å²) in [6.07, 6.45) is 1.63. The predicted octanol–water partition coefficient (Wildman–Crippen LogP) is 5.70. The molecular weight excluding hydrogens is 483 g/mol. The molecule has 0 aliphatic carbocycles. The van der Waals surface area contributed by atoms with Gasteiger partial charge in [0.05, 0.1) is 10.6 Å². The van der Waals surface area contributed by atoms with Crippen LogP contribution in [0.25, 0.3) is 0 Å². The molecule has 3 rings (SSSR count). The number of amides is 1. The quantitative estimate of drug-likeness (QED) is 0.379. The third-order valence-electron chi connectivity index (χ3n) is 4.54. The minimum atomic E-state index is -4.08. The Labute approximate surface area is 203 Å². The Balaban J connectivity index is 1.88. The number of ether oxygens (including phenoxy) is 1. The van der Waals surface area contributed by atoms with Crippen molar-refractivity contribution in [2.24, 2.45) is 0 Å². The summed E-state index contributed by atoms with van der Waals surface area (Å²) in [4.78, 5) is 12.9. The van der Waals surface area contributed by atoms with Crippen molar-refractivity contribution in [2.45, 2.75) is 11.8 Å². The monoisotopic (exact) mass is 504 g/mol. The smallest absolute Gasteiger partial charge is 0.264 e. The molecule has 0 bridgehead atoms. The summed E-state index contributed by atoms with van der Waals surface area (Å²) in [5.41, 5.74) is 1.57. The van der Waals surface area contributed by atoms with Gasteiger partial charge in [0.1, 0.15) is 18.9 Å². The van der Waals surface area contributed by atoms with Gasteiger partial charge in [0, 0.05) is 15.7 Å². The molecule has 9 heteroatoms. The van der Waals surface area contributed by atoms with Gasteiger partial charge in [-0.2, -0.15) is 0 Å². The van der Waals surface area contributed by atoms with E-state index in [1.807, 2.05) is 6.92 Å². The van der Waals surface area contributed by atoms with E-state index < -0.39 is 22.5 Å². The lowest BCUT2D eigenvalue weighted by atomic mass is 10.2. The van der Waals surface area contributed by atoms with Gasteiger partial charge < -0.3 is 10.1 Å². The van der Waals surface area contributed by atoms with Gasteiger partial charge in [0.2, 0.25) is 5.91 Å². The van der Waals surface area contributed by atoms with Gasteiger partial charge in [0.25, 0.3) is 10.0 Å². The molecule has 1 N–H and O–H groups in total. The van der Waals surface area contributed by atoms with Crippen molar-refractivity contribution in [3.63, 3.8) is 0 Å². The van der Waals surface area contributed by atoms with Gasteiger partial charge in [-0.05, 0) is 61.5 Å². The highest BCUT2D eigenvalue weighted by Crippen LogP contribution is 2.30. The second-order valence-electron chi connectivity index (χ2n) is 7.12. The van der Waals surface area contributed by atoms with Crippen LogP contribution in [0.15, 0.2) is 84.3 Å². The van der Waals surface area contributed by atoms with Crippen molar-refractivity contribution >= 4 is 50.5 Å². The van der Waals surface area contributed by atoms with E-state index in [4.69, 9.17) is 27.9 Å². The number of benzene rings is 3. The summed E-state index contributed by atoms with van der Waals surface area (Å²) in [5.74, 6) is 0.0755. The van der Waals surface area contributed by atoms with Crippen LogP contribution in [0.3, 0.4) is 0 Å². The zero-order chi connectivity index (χ0) is 24.0. The molecule has 6 nitrogen and oxygen atoms in total. The number of hydrogen-bond acceptors (Lipinski definition) is 4. The summed E-state index contributed by atoms with van der Waals surface area (Å²) in [6.45, 7) is 5.32. The summed E-state index contributed by atoms with van der Waals surface area (Å²) in [6, 6.07) is 17.4. The van der Waals surface area contributed by atoms with Crippen LogP contribution in [-0.2, 0) is 14.8 Å². The molecule has 33 heavy (non-hydrogen) atoms. The summed E-state index contributed by atoms with van der Waals surface area (Å²) < 4.78 is 33.3. The Morgan fingerprint density at radius 3 is 2.21 bits per heavy atom. The Hall–Kier alpha value is -3.00. The van der Waals surface area contributed by atoms with Gasteiger partial charge in [-0.15, -0.1) is 0 Å². The average Bonchev–Trinajstić information content (AvgIpc) is 2.76. The van der Waals surface area contributed by atoms with Crippen LogP contribution >= 0.6 is 23.2 Å². The van der Waals surface area contributed by atoms with Crippen LogP contribution < -0.4 is 14.4 Å². The molecular formula is C24H22Cl2N2O4S. The molecule has 0 saturated heterocycles. The fraction of sp³-hybridized carbons (Fsp3) is 0.125. The maximum absolute atomic E-state index is 13.4. The molecule has 0 spiro atoms. The fourth-order valence-corrected chi connectivity index (χ4v) is 4.88. The van der Waals surface area contributed by atoms with Crippen LogP contribution in [0.1, 0.15) is 5.56 Å². The molecule has 0 saturated carbocycles. The highest BCUT2D eigenvalue weighted by atomic mass is 35.5. The zero-order valence-corrected chi connectivity index (χ0v) is 20.1. The first kappa shape index (κ1) is 24.6. The van der Waals surface area contributed by atoms with Crippen LogP contribution in [0.2, 0.25) is 10.0 Å². The number of nitrogens with one attached hydrogen (secondary N) is 1. The molecule has 0 heterocycles. The maximum Gasteiger partial charge on any atom is 0.264 e. The van der Waals surface area contributed by atoms with Crippen molar-refractivity contribution in [2.75, 3.05) is 22.8 Å². The van der Waals surface area contributed by atoms with Crippen LogP contribution in [0.5, 0.6) is 5.75 Å². The van der Waals surface area contributed by atoms with Gasteiger partial charge in [0.15, 0.2) is 0 Å². The van der Waals surface area contributed by atoms with E-state index in [-0.39, 0.29) is 20.6 Å². The number of carbonyl (C=O) groups excluding carboxylic acids is 1. The van der Waals surface area contributed by atoms with Crippen LogP contribution in [0.4, 0.5) is 11.4 Å². The van der Waals surface area contributed by atoms with E-state index in [9.17, 15) is 13.2 Å². The molecule has 0 aliphatic rings. The first-order valence-corrected chi connectivity index (χ1v) is 12.1. The lowest BCUT2D eigenvalue weighted by Crippen LogP contribution is -2.38. The van der Waals surface area contributed by atoms with Crippen molar-refractivity contribution in [1.82, 2.24) is 0 Å². The van der Waals surface area contributed by atoms with E-state index in [2.05, 4.69) is 11.9 Å². The number of anilines is 2. The maximum atomic E-state index is 13.4. The van der Waals surface area contributed by atoms with E-state index >= 15 is 0 Å².